The summed E-state index contributed by atoms with van der Waals surface area (Å²) in [5.41, 5.74) is 3.33. The summed E-state index contributed by atoms with van der Waals surface area (Å²) in [6, 6.07) is 10.8. The number of carbonyl (C=O) groups is 1. The van der Waals surface area contributed by atoms with Crippen molar-refractivity contribution in [3.8, 4) is 17.3 Å². The Morgan fingerprint density at radius 3 is 2.75 bits per heavy atom. The molecule has 0 aliphatic heterocycles. The predicted molar refractivity (Wildman–Crippen MR) is 109 cm³/mol. The zero-order valence-corrected chi connectivity index (χ0v) is 16.9. The normalized spacial score (nSPS) is 9.96. The van der Waals surface area contributed by atoms with Gasteiger partial charge in [-0.05, 0) is 30.7 Å². The van der Waals surface area contributed by atoms with Crippen molar-refractivity contribution in [2.45, 2.75) is 33.7 Å². The van der Waals surface area contributed by atoms with Gasteiger partial charge >= 0.3 is 0 Å². The summed E-state index contributed by atoms with van der Waals surface area (Å²) in [5.74, 6) is -0.216. The van der Waals surface area contributed by atoms with E-state index in [-0.39, 0.29) is 5.91 Å². The van der Waals surface area contributed by atoms with Crippen molar-refractivity contribution in [2.24, 2.45) is 0 Å². The summed E-state index contributed by atoms with van der Waals surface area (Å²) >= 11 is 6.06. The Bertz CT molecular complexity index is 969. The molecule has 0 bridgehead atoms. The number of carbonyl (C=O) groups excluding carboxylic acids is 1. The summed E-state index contributed by atoms with van der Waals surface area (Å²) in [4.78, 5) is 12.0. The van der Waals surface area contributed by atoms with Gasteiger partial charge in [-0.2, -0.15) is 15.5 Å². The quantitative estimate of drug-likeness (QED) is 0.659. The first-order chi connectivity index (χ1) is 13.6. The van der Waals surface area contributed by atoms with Crippen LogP contribution >= 0.6 is 11.6 Å². The molecule has 3 aromatic rings. The van der Waals surface area contributed by atoms with E-state index in [1.165, 1.54) is 0 Å². The highest BCUT2D eigenvalue weighted by molar-refractivity contribution is 6.32. The largest absolute Gasteiger partial charge is 0.349 e. The Kier molecular flexibility index (Phi) is 7.78. The molecule has 146 valence electrons. The van der Waals surface area contributed by atoms with Gasteiger partial charge in [-0.1, -0.05) is 38.4 Å². The highest BCUT2D eigenvalue weighted by atomic mass is 35.5. The van der Waals surface area contributed by atoms with E-state index in [4.69, 9.17) is 16.9 Å². The fraction of sp³-hybridized carbons (Fsp3) is 0.300. The number of aromatic nitrogens is 4. The smallest absolute Gasteiger partial charge is 0.271 e. The molecular formula is C20H23ClN6O. The lowest BCUT2D eigenvalue weighted by molar-refractivity contribution is 0.0947. The minimum atomic E-state index is -0.216. The highest BCUT2D eigenvalue weighted by Gasteiger charge is 2.10. The molecule has 0 unspecified atom stereocenters. The molecule has 7 nitrogen and oxygen atoms in total. The van der Waals surface area contributed by atoms with Crippen LogP contribution in [0, 0.1) is 11.3 Å². The summed E-state index contributed by atoms with van der Waals surface area (Å²) in [6.07, 6.45) is 2.63. The summed E-state index contributed by atoms with van der Waals surface area (Å²) < 4.78 is 1.74. The molecule has 0 saturated heterocycles. The molecule has 0 aliphatic rings. The van der Waals surface area contributed by atoms with E-state index in [0.717, 1.165) is 23.4 Å². The van der Waals surface area contributed by atoms with Crippen LogP contribution in [0.25, 0.3) is 11.3 Å². The number of halogens is 1. The number of aryl methyl sites for hydroxylation is 1. The van der Waals surface area contributed by atoms with Crippen LogP contribution in [-0.4, -0.2) is 32.4 Å². The van der Waals surface area contributed by atoms with Crippen LogP contribution in [0.1, 0.15) is 42.5 Å². The van der Waals surface area contributed by atoms with Crippen molar-refractivity contribution in [3.05, 3.63) is 58.5 Å². The molecule has 0 fully saturated rings. The van der Waals surface area contributed by atoms with Crippen LogP contribution < -0.4 is 5.32 Å². The predicted octanol–water partition coefficient (Wildman–Crippen LogP) is 3.82. The number of nitrogens with zero attached hydrogens (tertiary/aromatic N) is 4. The molecule has 1 aromatic carbocycles. The lowest BCUT2D eigenvalue weighted by Gasteiger charge is -2.04. The molecule has 0 spiro atoms. The van der Waals surface area contributed by atoms with E-state index < -0.39 is 0 Å². The number of amides is 1. The lowest BCUT2D eigenvalue weighted by atomic mass is 10.1. The summed E-state index contributed by atoms with van der Waals surface area (Å²) in [7, 11) is 0. The molecule has 2 heterocycles. The van der Waals surface area contributed by atoms with E-state index >= 15 is 0 Å². The van der Waals surface area contributed by atoms with Crippen LogP contribution in [0.4, 0.5) is 0 Å². The Hall–Kier alpha value is -3.11. The summed E-state index contributed by atoms with van der Waals surface area (Å²) in [5, 5.41) is 23.4. The number of hydrogen-bond donors (Lipinski definition) is 2. The molecule has 0 radical (unpaired) electrons. The minimum absolute atomic E-state index is 0.216. The van der Waals surface area contributed by atoms with Crippen molar-refractivity contribution >= 4 is 17.5 Å². The van der Waals surface area contributed by atoms with Crippen LogP contribution in [0.5, 0.6) is 0 Å². The van der Waals surface area contributed by atoms with Gasteiger partial charge in [0.1, 0.15) is 11.8 Å². The molecule has 0 saturated carbocycles. The van der Waals surface area contributed by atoms with Crippen molar-refractivity contribution in [3.63, 3.8) is 0 Å². The van der Waals surface area contributed by atoms with Crippen molar-refractivity contribution in [2.75, 3.05) is 6.54 Å². The number of aromatic amines is 1. The van der Waals surface area contributed by atoms with E-state index in [2.05, 4.69) is 20.6 Å². The fourth-order valence-electron chi connectivity index (χ4n) is 2.44. The van der Waals surface area contributed by atoms with Gasteiger partial charge in [0.25, 0.3) is 5.91 Å². The highest BCUT2D eigenvalue weighted by Crippen LogP contribution is 2.24. The SMILES string of the molecule is CC.CCc1cc(C(=O)NCCn2ccc(-c3ccc(C#N)c(Cl)c3)n2)n[nH]1. The van der Waals surface area contributed by atoms with E-state index in [9.17, 15) is 4.79 Å². The number of nitriles is 1. The number of hydrogen-bond acceptors (Lipinski definition) is 4. The molecule has 8 heteroatoms. The van der Waals surface area contributed by atoms with Gasteiger partial charge in [-0.15, -0.1) is 0 Å². The molecule has 3 rings (SSSR count). The number of benzene rings is 1. The molecule has 1 amide bonds. The average molecular weight is 399 g/mol. The molecular weight excluding hydrogens is 376 g/mol. The zero-order valence-electron chi connectivity index (χ0n) is 16.2. The molecule has 28 heavy (non-hydrogen) atoms. The van der Waals surface area contributed by atoms with Crippen LogP contribution in [0.15, 0.2) is 36.5 Å². The maximum absolute atomic E-state index is 12.0. The van der Waals surface area contributed by atoms with Crippen LogP contribution in [0.2, 0.25) is 5.02 Å². The first-order valence-electron chi connectivity index (χ1n) is 9.16. The lowest BCUT2D eigenvalue weighted by Crippen LogP contribution is -2.27. The minimum Gasteiger partial charge on any atom is -0.349 e. The second-order valence-corrected chi connectivity index (χ2v) is 6.07. The van der Waals surface area contributed by atoms with E-state index in [1.54, 1.807) is 22.9 Å². The first kappa shape index (κ1) is 21.2. The first-order valence-corrected chi connectivity index (χ1v) is 9.54. The van der Waals surface area contributed by atoms with Crippen LogP contribution in [0.3, 0.4) is 0 Å². The van der Waals surface area contributed by atoms with Gasteiger partial charge in [0.05, 0.1) is 22.8 Å². The second-order valence-electron chi connectivity index (χ2n) is 5.66. The van der Waals surface area contributed by atoms with E-state index in [1.807, 2.05) is 45.2 Å². The maximum atomic E-state index is 12.0. The van der Waals surface area contributed by atoms with Crippen molar-refractivity contribution < 1.29 is 4.79 Å². The molecule has 2 N–H and O–H groups in total. The average Bonchev–Trinajstić information content (AvgIpc) is 3.39. The Balaban J connectivity index is 0.00000136. The maximum Gasteiger partial charge on any atom is 0.271 e. The van der Waals surface area contributed by atoms with E-state index in [0.29, 0.717) is 29.4 Å². The molecule has 0 atom stereocenters. The second kappa shape index (κ2) is 10.3. The Morgan fingerprint density at radius 1 is 1.32 bits per heavy atom. The van der Waals surface area contributed by atoms with Gasteiger partial charge in [-0.25, -0.2) is 0 Å². The number of rotatable bonds is 6. The Labute approximate surface area is 169 Å². The van der Waals surface area contributed by atoms with Gasteiger partial charge in [0.15, 0.2) is 0 Å². The third-order valence-electron chi connectivity index (χ3n) is 3.90. The third kappa shape index (κ3) is 5.21. The number of H-pyrrole nitrogens is 1. The van der Waals surface area contributed by atoms with Crippen LogP contribution in [-0.2, 0) is 13.0 Å². The van der Waals surface area contributed by atoms with Gasteiger partial charge in [0.2, 0.25) is 0 Å². The van der Waals surface area contributed by atoms with Crippen molar-refractivity contribution in [1.82, 2.24) is 25.3 Å². The molecule has 0 aliphatic carbocycles. The molecule has 2 aromatic heterocycles. The fourth-order valence-corrected chi connectivity index (χ4v) is 2.66. The number of nitrogens with one attached hydrogen (secondary N) is 2. The summed E-state index contributed by atoms with van der Waals surface area (Å²) in [6.45, 7) is 6.95. The van der Waals surface area contributed by atoms with Gasteiger partial charge in [-0.3, -0.25) is 14.6 Å². The van der Waals surface area contributed by atoms with Crippen molar-refractivity contribution in [1.29, 1.82) is 5.26 Å². The Morgan fingerprint density at radius 2 is 2.11 bits per heavy atom. The standard InChI is InChI=1S/C18H17ClN6O.C2H6/c1-2-14-10-17(23-22-14)18(26)21-6-8-25-7-5-16(24-25)12-3-4-13(11-20)15(19)9-12;1-2/h3-5,7,9-10H,2,6,8H2,1H3,(H,21,26)(H,22,23);1-2H3. The van der Waals surface area contributed by atoms with Gasteiger partial charge < -0.3 is 5.32 Å². The zero-order chi connectivity index (χ0) is 20.5. The monoisotopic (exact) mass is 398 g/mol. The topological polar surface area (TPSA) is 99.4 Å². The van der Waals surface area contributed by atoms with Gasteiger partial charge in [0, 0.05) is 24.0 Å². The third-order valence-corrected chi connectivity index (χ3v) is 4.21.